The molecule has 14 nitrogen and oxygen atoms in total. The Labute approximate surface area is 262 Å². The van der Waals surface area contributed by atoms with Gasteiger partial charge >= 0.3 is 6.03 Å². The predicted octanol–water partition coefficient (Wildman–Crippen LogP) is 3.64. The minimum Gasteiger partial charge on any atom is -0.497 e. The van der Waals surface area contributed by atoms with Crippen molar-refractivity contribution in [2.24, 2.45) is 9.98 Å². The van der Waals surface area contributed by atoms with E-state index in [0.29, 0.717) is 29.6 Å². The number of carbonyl (C=O) groups excluding carboxylic acids is 1. The van der Waals surface area contributed by atoms with Crippen LogP contribution in [0.5, 0.6) is 5.75 Å². The highest BCUT2D eigenvalue weighted by Crippen LogP contribution is 2.42. The van der Waals surface area contributed by atoms with Crippen LogP contribution in [0.4, 0.5) is 10.6 Å². The highest BCUT2D eigenvalue weighted by Gasteiger charge is 2.55. The third-order valence-electron chi connectivity index (χ3n) is 8.12. The third kappa shape index (κ3) is 4.51. The van der Waals surface area contributed by atoms with Crippen molar-refractivity contribution in [3.8, 4) is 17.1 Å². The summed E-state index contributed by atoms with van der Waals surface area (Å²) >= 11 is 0. The zero-order valence-electron chi connectivity index (χ0n) is 24.5. The number of methoxy groups -OCH3 is 1. The van der Waals surface area contributed by atoms with Crippen LogP contribution in [-0.2, 0) is 18.6 Å². The quantitative estimate of drug-likeness (QED) is 0.277. The molecule has 0 spiro atoms. The standard InChI is InChI=1S/C32H26N12O2/c1-46-27-12-6-24(7-13-27)32-28-29(41(21-35-28)18-22-2-8-25(9-3-22)43-16-14-36-39-43)33-20-34-30(32)42(31(45)38-32)19-23-4-10-26(11-5-23)44-17-15-37-40-44/h2-17,20-21H,18-19H2,1H3,(H,38,45). The number of aliphatic imine (C=N–C) groups is 2. The summed E-state index contributed by atoms with van der Waals surface area (Å²) in [7, 11) is 1.62. The maximum atomic E-state index is 13.8. The normalized spacial score (nSPS) is 16.8. The molecule has 1 N–H and O–H groups in total. The Morgan fingerprint density at radius 2 is 1.43 bits per heavy atom. The van der Waals surface area contributed by atoms with E-state index in [4.69, 9.17) is 19.7 Å². The van der Waals surface area contributed by atoms with E-state index in [1.807, 2.05) is 77.4 Å². The predicted molar refractivity (Wildman–Crippen MR) is 167 cm³/mol. The molecule has 2 aliphatic heterocycles. The molecule has 2 aliphatic rings. The third-order valence-corrected chi connectivity index (χ3v) is 8.12. The zero-order chi connectivity index (χ0) is 31.1. The summed E-state index contributed by atoms with van der Waals surface area (Å²) in [5.41, 5.74) is 3.87. The zero-order valence-corrected chi connectivity index (χ0v) is 24.5. The second kappa shape index (κ2) is 10.9. The lowest BCUT2D eigenvalue weighted by atomic mass is 9.85. The number of hydrogen-bond donors (Lipinski definition) is 1. The van der Waals surface area contributed by atoms with E-state index in [-0.39, 0.29) is 12.6 Å². The summed E-state index contributed by atoms with van der Waals surface area (Å²) in [5, 5.41) is 19.1. The number of imidazole rings is 1. The van der Waals surface area contributed by atoms with E-state index in [1.54, 1.807) is 52.5 Å². The molecule has 2 amide bonds. The smallest absolute Gasteiger partial charge is 0.324 e. The molecule has 3 aromatic carbocycles. The van der Waals surface area contributed by atoms with Gasteiger partial charge in [0.2, 0.25) is 0 Å². The van der Waals surface area contributed by atoms with E-state index in [9.17, 15) is 4.79 Å². The first-order valence-electron chi connectivity index (χ1n) is 14.4. The molecule has 1 atom stereocenters. The number of aromatic nitrogens is 8. The summed E-state index contributed by atoms with van der Waals surface area (Å²) < 4.78 is 10.8. The van der Waals surface area contributed by atoms with Gasteiger partial charge in [0.25, 0.3) is 0 Å². The molecule has 0 bridgehead atoms. The number of carbonyl (C=O) groups is 1. The molecule has 1 saturated heterocycles. The van der Waals surface area contributed by atoms with Crippen LogP contribution in [0.3, 0.4) is 0 Å². The number of rotatable bonds is 8. The number of hydrogen-bond acceptors (Lipinski definition) is 9. The number of fused-ring (bicyclic) bond motifs is 3. The first-order valence-corrected chi connectivity index (χ1v) is 14.4. The van der Waals surface area contributed by atoms with Crippen molar-refractivity contribution in [1.82, 2.24) is 49.8 Å². The van der Waals surface area contributed by atoms with Gasteiger partial charge in [-0.2, -0.15) is 0 Å². The molecule has 0 aliphatic carbocycles. The molecule has 46 heavy (non-hydrogen) atoms. The van der Waals surface area contributed by atoms with Gasteiger partial charge < -0.3 is 14.6 Å². The summed E-state index contributed by atoms with van der Waals surface area (Å²) in [6.07, 6.45) is 10.1. The average Bonchev–Trinajstić information content (AvgIpc) is 3.91. The fraction of sp³-hybridized carbons (Fsp3) is 0.125. The SMILES string of the molecule is COc1ccc(C23NC(=O)N(Cc4ccc(-n5ccnn5)cc4)C2=NC=Nc2c3ncn2Cc2ccc(-n3ccnn3)cc2)cc1. The second-order valence-corrected chi connectivity index (χ2v) is 10.8. The highest BCUT2D eigenvalue weighted by molar-refractivity contribution is 6.15. The van der Waals surface area contributed by atoms with Gasteiger partial charge in [0.15, 0.2) is 17.2 Å². The van der Waals surface area contributed by atoms with Crippen LogP contribution in [0.15, 0.2) is 114 Å². The molecule has 226 valence electrons. The highest BCUT2D eigenvalue weighted by atomic mass is 16.5. The molecule has 3 aromatic heterocycles. The number of benzene rings is 3. The van der Waals surface area contributed by atoms with Crippen molar-refractivity contribution in [2.75, 3.05) is 7.11 Å². The Bertz CT molecular complexity index is 2060. The molecule has 6 aromatic rings. The van der Waals surface area contributed by atoms with Crippen molar-refractivity contribution in [2.45, 2.75) is 18.6 Å². The molecule has 5 heterocycles. The Balaban J connectivity index is 1.16. The van der Waals surface area contributed by atoms with Crippen LogP contribution < -0.4 is 10.1 Å². The van der Waals surface area contributed by atoms with Crippen LogP contribution in [0.2, 0.25) is 0 Å². The van der Waals surface area contributed by atoms with E-state index in [0.717, 1.165) is 28.1 Å². The first-order chi connectivity index (χ1) is 22.6. The van der Waals surface area contributed by atoms with E-state index < -0.39 is 5.54 Å². The number of nitrogens with zero attached hydrogens (tertiary/aromatic N) is 11. The first kappa shape index (κ1) is 27.1. The molecule has 14 heteroatoms. The van der Waals surface area contributed by atoms with Crippen LogP contribution in [-0.4, -0.2) is 69.8 Å². The van der Waals surface area contributed by atoms with Crippen LogP contribution >= 0.6 is 0 Å². The topological polar surface area (TPSA) is 146 Å². The number of nitrogens with one attached hydrogen (secondary N) is 1. The minimum atomic E-state index is -1.20. The summed E-state index contributed by atoms with van der Waals surface area (Å²) in [6.45, 7) is 0.781. The lowest BCUT2D eigenvalue weighted by Crippen LogP contribution is -2.45. The lowest BCUT2D eigenvalue weighted by Gasteiger charge is -2.28. The van der Waals surface area contributed by atoms with E-state index in [2.05, 4.69) is 25.9 Å². The maximum absolute atomic E-state index is 13.8. The molecule has 0 radical (unpaired) electrons. The van der Waals surface area contributed by atoms with Crippen LogP contribution in [0.1, 0.15) is 22.4 Å². The molecule has 1 unspecified atom stereocenters. The molecular weight excluding hydrogens is 584 g/mol. The van der Waals surface area contributed by atoms with Crippen molar-refractivity contribution in [1.29, 1.82) is 0 Å². The van der Waals surface area contributed by atoms with Gasteiger partial charge in [-0.25, -0.2) is 29.1 Å². The van der Waals surface area contributed by atoms with Crippen molar-refractivity contribution in [3.05, 3.63) is 126 Å². The van der Waals surface area contributed by atoms with Gasteiger partial charge in [-0.1, -0.05) is 46.8 Å². The number of amidine groups is 1. The van der Waals surface area contributed by atoms with Crippen molar-refractivity contribution in [3.63, 3.8) is 0 Å². The fourth-order valence-electron chi connectivity index (χ4n) is 5.85. The molecule has 8 rings (SSSR count). The van der Waals surface area contributed by atoms with Crippen molar-refractivity contribution >= 4 is 24.0 Å². The summed E-state index contributed by atoms with van der Waals surface area (Å²) in [4.78, 5) is 29.9. The molecule has 1 fully saturated rings. The number of ether oxygens (including phenoxy) is 1. The van der Waals surface area contributed by atoms with Gasteiger partial charge in [0.1, 0.15) is 17.8 Å². The van der Waals surface area contributed by atoms with E-state index in [1.165, 1.54) is 6.34 Å². The monoisotopic (exact) mass is 610 g/mol. The van der Waals surface area contributed by atoms with Gasteiger partial charge in [0, 0.05) is 0 Å². The Morgan fingerprint density at radius 1 is 0.804 bits per heavy atom. The Morgan fingerprint density at radius 3 is 2.02 bits per heavy atom. The summed E-state index contributed by atoms with van der Waals surface area (Å²) in [5.74, 6) is 1.76. The average molecular weight is 611 g/mol. The Hall–Kier alpha value is -6.44. The second-order valence-electron chi connectivity index (χ2n) is 10.8. The molecule has 0 saturated carbocycles. The minimum absolute atomic E-state index is 0.280. The fourth-order valence-corrected chi connectivity index (χ4v) is 5.85. The summed E-state index contributed by atoms with van der Waals surface area (Å²) in [6, 6.07) is 23.1. The van der Waals surface area contributed by atoms with Crippen molar-refractivity contribution < 1.29 is 9.53 Å². The maximum Gasteiger partial charge on any atom is 0.324 e. The van der Waals surface area contributed by atoms with Gasteiger partial charge in [-0.3, -0.25) is 4.90 Å². The van der Waals surface area contributed by atoms with Gasteiger partial charge in [-0.05, 0) is 53.1 Å². The molecular formula is C32H26N12O2. The van der Waals surface area contributed by atoms with Crippen LogP contribution in [0.25, 0.3) is 11.4 Å². The number of urea groups is 1. The van der Waals surface area contributed by atoms with Crippen LogP contribution in [0, 0.1) is 0 Å². The largest absolute Gasteiger partial charge is 0.497 e. The Kier molecular flexibility index (Phi) is 6.44. The van der Waals surface area contributed by atoms with E-state index >= 15 is 0 Å². The van der Waals surface area contributed by atoms with Gasteiger partial charge in [-0.15, -0.1) is 10.2 Å². The van der Waals surface area contributed by atoms with Gasteiger partial charge in [0.05, 0.1) is 62.7 Å². The lowest BCUT2D eigenvalue weighted by molar-refractivity contribution is 0.225. The number of amides is 2.